The molecule has 0 bridgehead atoms. The van der Waals surface area contributed by atoms with Crippen LogP contribution in [0.25, 0.3) is 11.3 Å². The maximum atomic E-state index is 14.1. The number of rotatable bonds is 4. The average Bonchev–Trinajstić information content (AvgIpc) is 2.94. The molecule has 1 aromatic heterocycles. The predicted molar refractivity (Wildman–Crippen MR) is 85.5 cm³/mol. The van der Waals surface area contributed by atoms with E-state index < -0.39 is 0 Å². The van der Waals surface area contributed by atoms with Gasteiger partial charge in [-0.05, 0) is 46.1 Å². The zero-order chi connectivity index (χ0) is 14.7. The number of hydrogen-bond acceptors (Lipinski definition) is 1. The number of benzene rings is 2. The standard InChI is InChI=1S/C17H14BrFN2/c18-14-7-4-8-15(19)17(14)16-9-11-20-21(16)12-10-13-5-2-1-3-6-13/h1-9,11H,10,12H2. The van der Waals surface area contributed by atoms with E-state index in [4.69, 9.17) is 0 Å². The van der Waals surface area contributed by atoms with Crippen LogP contribution in [0, 0.1) is 5.82 Å². The number of hydrogen-bond donors (Lipinski definition) is 0. The van der Waals surface area contributed by atoms with Crippen molar-refractivity contribution >= 4 is 15.9 Å². The number of aryl methyl sites for hydroxylation is 2. The number of nitrogens with zero attached hydrogens (tertiary/aromatic N) is 2. The lowest BCUT2D eigenvalue weighted by atomic mass is 10.1. The van der Waals surface area contributed by atoms with Gasteiger partial charge >= 0.3 is 0 Å². The molecule has 0 aliphatic carbocycles. The fourth-order valence-electron chi connectivity index (χ4n) is 2.35. The molecular formula is C17H14BrFN2. The van der Waals surface area contributed by atoms with Gasteiger partial charge in [-0.3, -0.25) is 4.68 Å². The summed E-state index contributed by atoms with van der Waals surface area (Å²) in [4.78, 5) is 0. The zero-order valence-corrected chi connectivity index (χ0v) is 12.9. The summed E-state index contributed by atoms with van der Waals surface area (Å²) in [6, 6.07) is 17.0. The lowest BCUT2D eigenvalue weighted by Gasteiger charge is -2.10. The van der Waals surface area contributed by atoms with Crippen LogP contribution in [0.5, 0.6) is 0 Å². The van der Waals surface area contributed by atoms with Crippen molar-refractivity contribution in [2.24, 2.45) is 0 Å². The van der Waals surface area contributed by atoms with Gasteiger partial charge in [0, 0.05) is 22.8 Å². The zero-order valence-electron chi connectivity index (χ0n) is 11.3. The van der Waals surface area contributed by atoms with Crippen LogP contribution < -0.4 is 0 Å². The molecule has 0 fully saturated rings. The maximum Gasteiger partial charge on any atom is 0.133 e. The highest BCUT2D eigenvalue weighted by atomic mass is 79.9. The van der Waals surface area contributed by atoms with Crippen molar-refractivity contribution in [1.29, 1.82) is 0 Å². The molecule has 0 saturated heterocycles. The lowest BCUT2D eigenvalue weighted by Crippen LogP contribution is -2.06. The first-order valence-corrected chi connectivity index (χ1v) is 7.55. The van der Waals surface area contributed by atoms with E-state index in [1.165, 1.54) is 11.6 Å². The summed E-state index contributed by atoms with van der Waals surface area (Å²) in [6.45, 7) is 0.715. The van der Waals surface area contributed by atoms with Crippen molar-refractivity contribution in [3.63, 3.8) is 0 Å². The van der Waals surface area contributed by atoms with Gasteiger partial charge in [0.2, 0.25) is 0 Å². The Balaban J connectivity index is 1.88. The van der Waals surface area contributed by atoms with E-state index in [9.17, 15) is 4.39 Å². The third-order valence-corrected chi connectivity index (χ3v) is 4.05. The van der Waals surface area contributed by atoms with E-state index in [0.29, 0.717) is 12.1 Å². The molecule has 2 aromatic carbocycles. The van der Waals surface area contributed by atoms with Crippen LogP contribution in [0.2, 0.25) is 0 Å². The summed E-state index contributed by atoms with van der Waals surface area (Å²) >= 11 is 3.42. The second-order valence-electron chi connectivity index (χ2n) is 4.77. The van der Waals surface area contributed by atoms with Gasteiger partial charge in [0.15, 0.2) is 0 Å². The summed E-state index contributed by atoms with van der Waals surface area (Å²) < 4.78 is 16.7. The van der Waals surface area contributed by atoms with Crippen LogP contribution in [0.1, 0.15) is 5.56 Å². The minimum atomic E-state index is -0.245. The summed E-state index contributed by atoms with van der Waals surface area (Å²) in [7, 11) is 0. The first-order valence-electron chi connectivity index (χ1n) is 6.76. The summed E-state index contributed by atoms with van der Waals surface area (Å²) in [5.41, 5.74) is 2.59. The van der Waals surface area contributed by atoms with Crippen molar-refractivity contribution in [3.8, 4) is 11.3 Å². The number of halogens is 2. The molecule has 0 spiro atoms. The van der Waals surface area contributed by atoms with Crippen LogP contribution in [-0.2, 0) is 13.0 Å². The highest BCUT2D eigenvalue weighted by Gasteiger charge is 2.13. The molecule has 0 unspecified atom stereocenters. The first kappa shape index (κ1) is 14.0. The molecule has 0 aliphatic rings. The fraction of sp³-hybridized carbons (Fsp3) is 0.118. The molecule has 21 heavy (non-hydrogen) atoms. The van der Waals surface area contributed by atoms with E-state index in [0.717, 1.165) is 16.6 Å². The topological polar surface area (TPSA) is 17.8 Å². The van der Waals surface area contributed by atoms with Gasteiger partial charge in [-0.25, -0.2) is 4.39 Å². The van der Waals surface area contributed by atoms with Gasteiger partial charge in [-0.15, -0.1) is 0 Å². The second kappa shape index (κ2) is 6.22. The predicted octanol–water partition coefficient (Wildman–Crippen LogP) is 4.69. The molecule has 0 N–H and O–H groups in total. The van der Waals surface area contributed by atoms with E-state index in [-0.39, 0.29) is 5.82 Å². The van der Waals surface area contributed by atoms with Crippen molar-refractivity contribution in [3.05, 3.63) is 76.6 Å². The number of aromatic nitrogens is 2. The van der Waals surface area contributed by atoms with Crippen LogP contribution in [0.15, 0.2) is 65.3 Å². The van der Waals surface area contributed by atoms with Crippen molar-refractivity contribution in [1.82, 2.24) is 9.78 Å². The molecule has 1 heterocycles. The Hall–Kier alpha value is -1.94. The monoisotopic (exact) mass is 344 g/mol. The minimum Gasteiger partial charge on any atom is -0.264 e. The van der Waals surface area contributed by atoms with Gasteiger partial charge in [-0.1, -0.05) is 36.4 Å². The Morgan fingerprint density at radius 3 is 2.57 bits per heavy atom. The summed E-state index contributed by atoms with van der Waals surface area (Å²) in [5, 5.41) is 4.32. The van der Waals surface area contributed by atoms with E-state index in [1.54, 1.807) is 12.3 Å². The Morgan fingerprint density at radius 2 is 1.81 bits per heavy atom. The third-order valence-electron chi connectivity index (χ3n) is 3.39. The van der Waals surface area contributed by atoms with Crippen LogP contribution in [-0.4, -0.2) is 9.78 Å². The van der Waals surface area contributed by atoms with Gasteiger partial charge in [-0.2, -0.15) is 5.10 Å². The molecule has 0 aliphatic heterocycles. The van der Waals surface area contributed by atoms with Gasteiger partial charge in [0.05, 0.1) is 5.69 Å². The fourth-order valence-corrected chi connectivity index (χ4v) is 2.89. The van der Waals surface area contributed by atoms with Crippen molar-refractivity contribution < 1.29 is 4.39 Å². The smallest absolute Gasteiger partial charge is 0.133 e. The van der Waals surface area contributed by atoms with E-state index in [2.05, 4.69) is 33.2 Å². The molecule has 3 aromatic rings. The summed E-state index contributed by atoms with van der Waals surface area (Å²) in [6.07, 6.45) is 2.57. The van der Waals surface area contributed by atoms with Crippen LogP contribution in [0.4, 0.5) is 4.39 Å². The second-order valence-corrected chi connectivity index (χ2v) is 5.63. The van der Waals surface area contributed by atoms with Crippen LogP contribution >= 0.6 is 15.9 Å². The quantitative estimate of drug-likeness (QED) is 0.671. The van der Waals surface area contributed by atoms with Crippen LogP contribution in [0.3, 0.4) is 0 Å². The Kier molecular flexibility index (Phi) is 4.15. The molecule has 0 atom stereocenters. The van der Waals surface area contributed by atoms with Crippen molar-refractivity contribution in [2.75, 3.05) is 0 Å². The molecule has 0 saturated carbocycles. The Morgan fingerprint density at radius 1 is 1.00 bits per heavy atom. The third kappa shape index (κ3) is 3.05. The summed E-state index contributed by atoms with van der Waals surface area (Å²) in [5.74, 6) is -0.245. The molecule has 0 radical (unpaired) electrons. The van der Waals surface area contributed by atoms with E-state index >= 15 is 0 Å². The Labute approximate surface area is 131 Å². The molecular weight excluding hydrogens is 331 g/mol. The maximum absolute atomic E-state index is 14.1. The Bertz CT molecular complexity index is 717. The normalized spacial score (nSPS) is 10.8. The highest BCUT2D eigenvalue weighted by molar-refractivity contribution is 9.10. The first-order chi connectivity index (χ1) is 10.3. The molecule has 0 amide bonds. The van der Waals surface area contributed by atoms with Gasteiger partial charge < -0.3 is 0 Å². The molecule has 4 heteroatoms. The lowest BCUT2D eigenvalue weighted by molar-refractivity contribution is 0.605. The molecule has 3 rings (SSSR count). The van der Waals surface area contributed by atoms with Crippen molar-refractivity contribution in [2.45, 2.75) is 13.0 Å². The SMILES string of the molecule is Fc1cccc(Br)c1-c1ccnn1CCc1ccccc1. The molecule has 106 valence electrons. The largest absolute Gasteiger partial charge is 0.264 e. The highest BCUT2D eigenvalue weighted by Crippen LogP contribution is 2.30. The average molecular weight is 345 g/mol. The minimum absolute atomic E-state index is 0.245. The van der Waals surface area contributed by atoms with Gasteiger partial charge in [0.25, 0.3) is 0 Å². The van der Waals surface area contributed by atoms with E-state index in [1.807, 2.05) is 35.0 Å². The van der Waals surface area contributed by atoms with Gasteiger partial charge in [0.1, 0.15) is 5.82 Å². The molecule has 2 nitrogen and oxygen atoms in total.